The Bertz CT molecular complexity index is 494. The summed E-state index contributed by atoms with van der Waals surface area (Å²) in [4.78, 5) is 0. The summed E-state index contributed by atoms with van der Waals surface area (Å²) in [6.07, 6.45) is 11.0. The van der Waals surface area contributed by atoms with Gasteiger partial charge in [0.2, 0.25) is 0 Å². The lowest BCUT2D eigenvalue weighted by Crippen LogP contribution is -2.45. The highest BCUT2D eigenvalue weighted by atomic mass is 15.4. The van der Waals surface area contributed by atoms with Crippen LogP contribution < -0.4 is 0 Å². The molecule has 0 spiro atoms. The van der Waals surface area contributed by atoms with Gasteiger partial charge in [-0.2, -0.15) is 0 Å². The molecular weight excluding hydrogens is 340 g/mol. The third kappa shape index (κ3) is 6.59. The molecule has 2 aliphatic heterocycles. The maximum Gasteiger partial charge on any atom is 0.0789 e. The predicted molar refractivity (Wildman–Crippen MR) is 125 cm³/mol. The number of quaternary nitrogens is 2. The summed E-state index contributed by atoms with van der Waals surface area (Å²) in [5.41, 5.74) is 3.13. The minimum Gasteiger partial charge on any atom is -0.358 e. The number of nitrogens with zero attached hydrogens (tertiary/aromatic N) is 2. The second kappa shape index (κ2) is 12.0. The quantitative estimate of drug-likeness (QED) is 0.355. The van der Waals surface area contributed by atoms with Gasteiger partial charge in [-0.15, -0.1) is 0 Å². The molecule has 0 atom stereocenters. The standard InChI is InChI=1S/C24H42N2.2CH3/c1-3-25(16-5-6-17-25)20-10-14-23-12-9-13-24(22-23)15-11-21-26(4-2)18-7-8-19-26;;/h9,12-13,22H,3-8,10-11,14-21H2,1-2H3;2*1H3/q+2;2*-1. The molecule has 2 heteroatoms. The molecule has 0 amide bonds. The van der Waals surface area contributed by atoms with Crippen molar-refractivity contribution in [3.63, 3.8) is 0 Å². The summed E-state index contributed by atoms with van der Waals surface area (Å²) >= 11 is 0. The lowest BCUT2D eigenvalue weighted by molar-refractivity contribution is -0.915. The molecule has 0 N–H and O–H groups in total. The maximum absolute atomic E-state index is 2.50. The van der Waals surface area contributed by atoms with E-state index in [4.69, 9.17) is 0 Å². The first-order chi connectivity index (χ1) is 12.7. The Kier molecular flexibility index (Phi) is 10.8. The van der Waals surface area contributed by atoms with E-state index in [1.807, 2.05) is 0 Å². The molecule has 1 aromatic carbocycles. The predicted octanol–water partition coefficient (Wildman–Crippen LogP) is 5.71. The molecule has 0 bridgehead atoms. The zero-order valence-electron chi connectivity index (χ0n) is 19.5. The summed E-state index contributed by atoms with van der Waals surface area (Å²) in [5.74, 6) is 0. The Labute approximate surface area is 177 Å². The van der Waals surface area contributed by atoms with Gasteiger partial charge in [0.15, 0.2) is 0 Å². The Morgan fingerprint density at radius 2 is 1.07 bits per heavy atom. The van der Waals surface area contributed by atoms with Crippen LogP contribution in [0.25, 0.3) is 0 Å². The summed E-state index contributed by atoms with van der Waals surface area (Å²) < 4.78 is 2.77. The van der Waals surface area contributed by atoms with Crippen molar-refractivity contribution in [2.75, 3.05) is 52.4 Å². The summed E-state index contributed by atoms with van der Waals surface area (Å²) in [6.45, 7) is 15.9. The van der Waals surface area contributed by atoms with Gasteiger partial charge in [-0.25, -0.2) is 0 Å². The molecule has 162 valence electrons. The molecule has 2 nitrogen and oxygen atoms in total. The molecule has 1 aromatic rings. The van der Waals surface area contributed by atoms with Gasteiger partial charge in [-0.1, -0.05) is 24.3 Å². The maximum atomic E-state index is 2.50. The Morgan fingerprint density at radius 3 is 1.43 bits per heavy atom. The summed E-state index contributed by atoms with van der Waals surface area (Å²) in [6, 6.07) is 9.50. The van der Waals surface area contributed by atoms with E-state index in [1.165, 1.54) is 113 Å². The topological polar surface area (TPSA) is 0 Å². The van der Waals surface area contributed by atoms with Crippen molar-refractivity contribution >= 4 is 0 Å². The van der Waals surface area contributed by atoms with Crippen molar-refractivity contribution in [3.8, 4) is 0 Å². The fourth-order valence-corrected chi connectivity index (χ4v) is 5.59. The zero-order chi connectivity index (χ0) is 18.3. The van der Waals surface area contributed by atoms with Crippen LogP contribution in [0.4, 0.5) is 0 Å². The fraction of sp³-hybridized carbons (Fsp3) is 0.692. The molecular formula is C26H48N2. The van der Waals surface area contributed by atoms with Crippen LogP contribution in [-0.4, -0.2) is 61.3 Å². The van der Waals surface area contributed by atoms with Gasteiger partial charge in [-0.3, -0.25) is 0 Å². The van der Waals surface area contributed by atoms with Gasteiger partial charge in [-0.05, 0) is 37.8 Å². The van der Waals surface area contributed by atoms with E-state index in [1.54, 1.807) is 11.1 Å². The van der Waals surface area contributed by atoms with Crippen LogP contribution in [0.3, 0.4) is 0 Å². The highest BCUT2D eigenvalue weighted by Crippen LogP contribution is 2.22. The first-order valence-corrected chi connectivity index (χ1v) is 11.5. The average Bonchev–Trinajstić information content (AvgIpc) is 3.33. The van der Waals surface area contributed by atoms with E-state index < -0.39 is 0 Å². The van der Waals surface area contributed by atoms with Gasteiger partial charge in [0.25, 0.3) is 0 Å². The van der Waals surface area contributed by atoms with E-state index >= 15 is 0 Å². The SMILES string of the molecule is CC[N+]1(CCCc2cccc(CCC[N+]3(CC)CCCC3)c2)CCCC1.[CH3-].[CH3-]. The van der Waals surface area contributed by atoms with E-state index in [0.29, 0.717) is 0 Å². The van der Waals surface area contributed by atoms with Gasteiger partial charge in [0, 0.05) is 38.5 Å². The molecule has 0 unspecified atom stereocenters. The van der Waals surface area contributed by atoms with E-state index in [2.05, 4.69) is 38.1 Å². The zero-order valence-corrected chi connectivity index (χ0v) is 19.5. The molecule has 2 aliphatic rings. The van der Waals surface area contributed by atoms with Crippen molar-refractivity contribution in [2.45, 2.75) is 65.2 Å². The number of hydrogen-bond donors (Lipinski definition) is 0. The third-order valence-corrected chi connectivity index (χ3v) is 7.56. The van der Waals surface area contributed by atoms with Crippen molar-refractivity contribution in [2.24, 2.45) is 0 Å². The van der Waals surface area contributed by atoms with Crippen molar-refractivity contribution in [1.82, 2.24) is 0 Å². The number of rotatable bonds is 10. The van der Waals surface area contributed by atoms with Crippen molar-refractivity contribution in [3.05, 3.63) is 50.2 Å². The molecule has 0 radical (unpaired) electrons. The number of aryl methyl sites for hydroxylation is 2. The Hall–Kier alpha value is -0.860. The lowest BCUT2D eigenvalue weighted by Gasteiger charge is -2.33. The molecule has 2 heterocycles. The number of hydrogen-bond acceptors (Lipinski definition) is 0. The Morgan fingerprint density at radius 1 is 0.679 bits per heavy atom. The van der Waals surface area contributed by atoms with Gasteiger partial charge < -0.3 is 23.8 Å². The second-order valence-electron chi connectivity index (χ2n) is 9.10. The lowest BCUT2D eigenvalue weighted by atomic mass is 10.0. The van der Waals surface area contributed by atoms with Crippen LogP contribution >= 0.6 is 0 Å². The first kappa shape index (κ1) is 25.2. The second-order valence-corrected chi connectivity index (χ2v) is 9.10. The molecule has 28 heavy (non-hydrogen) atoms. The molecule has 3 rings (SSSR count). The highest BCUT2D eigenvalue weighted by Gasteiger charge is 2.30. The summed E-state index contributed by atoms with van der Waals surface area (Å²) in [7, 11) is 0. The van der Waals surface area contributed by atoms with Crippen molar-refractivity contribution < 1.29 is 8.97 Å². The van der Waals surface area contributed by atoms with Gasteiger partial charge in [0.1, 0.15) is 0 Å². The average molecular weight is 389 g/mol. The van der Waals surface area contributed by atoms with Crippen LogP contribution in [0.5, 0.6) is 0 Å². The molecule has 0 aromatic heterocycles. The third-order valence-electron chi connectivity index (χ3n) is 7.56. The van der Waals surface area contributed by atoms with Crippen LogP contribution in [0.1, 0.15) is 63.5 Å². The van der Waals surface area contributed by atoms with Crippen LogP contribution in [0.15, 0.2) is 24.3 Å². The fourth-order valence-electron chi connectivity index (χ4n) is 5.59. The highest BCUT2D eigenvalue weighted by molar-refractivity contribution is 5.23. The molecule has 0 saturated carbocycles. The number of benzene rings is 1. The van der Waals surface area contributed by atoms with Crippen LogP contribution in [0, 0.1) is 14.9 Å². The van der Waals surface area contributed by atoms with E-state index in [9.17, 15) is 0 Å². The molecule has 2 fully saturated rings. The van der Waals surface area contributed by atoms with Crippen LogP contribution in [-0.2, 0) is 12.8 Å². The van der Waals surface area contributed by atoms with Crippen LogP contribution in [0.2, 0.25) is 0 Å². The minimum atomic E-state index is 0. The van der Waals surface area contributed by atoms with Crippen molar-refractivity contribution in [1.29, 1.82) is 0 Å². The molecule has 2 saturated heterocycles. The first-order valence-electron chi connectivity index (χ1n) is 11.5. The largest absolute Gasteiger partial charge is 0.358 e. The summed E-state index contributed by atoms with van der Waals surface area (Å²) in [5, 5.41) is 0. The Balaban J connectivity index is 0.00000196. The molecule has 0 aliphatic carbocycles. The van der Waals surface area contributed by atoms with E-state index in [-0.39, 0.29) is 14.9 Å². The monoisotopic (exact) mass is 388 g/mol. The van der Waals surface area contributed by atoms with E-state index in [0.717, 1.165) is 0 Å². The van der Waals surface area contributed by atoms with Gasteiger partial charge in [0.05, 0.1) is 52.4 Å². The minimum absolute atomic E-state index is 0. The number of likely N-dealkylation sites (tertiary alicyclic amines) is 2. The normalized spacial score (nSPS) is 19.8. The van der Waals surface area contributed by atoms with Gasteiger partial charge >= 0.3 is 0 Å². The smallest absolute Gasteiger partial charge is 0.0789 e.